The van der Waals surface area contributed by atoms with Crippen LogP contribution in [0.15, 0.2) is 22.6 Å². The van der Waals surface area contributed by atoms with E-state index in [0.29, 0.717) is 11.7 Å². The minimum absolute atomic E-state index is 0.576. The maximum atomic E-state index is 5.72. The first-order chi connectivity index (χ1) is 9.31. The van der Waals surface area contributed by atoms with Gasteiger partial charge in [-0.05, 0) is 18.2 Å². The molecule has 2 heterocycles. The Hall–Kier alpha value is -1.40. The van der Waals surface area contributed by atoms with Gasteiger partial charge in [0.05, 0.1) is 0 Å². The summed E-state index contributed by atoms with van der Waals surface area (Å²) in [5, 5.41) is 3.23. The number of oxazole rings is 1. The summed E-state index contributed by atoms with van der Waals surface area (Å²) in [7, 11) is 0. The topological polar surface area (TPSA) is 67.3 Å². The molecule has 3 N–H and O–H groups in total. The fourth-order valence-corrected chi connectivity index (χ4v) is 3.14. The van der Waals surface area contributed by atoms with E-state index in [2.05, 4.69) is 15.2 Å². The first-order valence-corrected chi connectivity index (χ1v) is 7.67. The van der Waals surface area contributed by atoms with E-state index in [-0.39, 0.29) is 0 Å². The lowest BCUT2D eigenvalue weighted by Gasteiger charge is -2.25. The quantitative estimate of drug-likeness (QED) is 0.832. The maximum absolute atomic E-state index is 5.72. The molecule has 0 bridgehead atoms. The number of rotatable bonds is 4. The van der Waals surface area contributed by atoms with Crippen LogP contribution in [0.5, 0.6) is 0 Å². The van der Waals surface area contributed by atoms with Gasteiger partial charge in [0.15, 0.2) is 5.58 Å². The zero-order valence-electron chi connectivity index (χ0n) is 10.8. The predicted octanol–water partition coefficient (Wildman–Crippen LogP) is 1.87. The van der Waals surface area contributed by atoms with Crippen molar-refractivity contribution < 1.29 is 4.42 Å². The van der Waals surface area contributed by atoms with E-state index in [0.717, 1.165) is 24.2 Å². The minimum Gasteiger partial charge on any atom is -0.424 e. The number of nitrogens with zero attached hydrogens (tertiary/aromatic N) is 2. The molecule has 0 amide bonds. The third-order valence-corrected chi connectivity index (χ3v) is 4.16. The van der Waals surface area contributed by atoms with E-state index in [1.54, 1.807) is 0 Å². The Morgan fingerprint density at radius 1 is 1.37 bits per heavy atom. The van der Waals surface area contributed by atoms with E-state index in [4.69, 9.17) is 10.2 Å². The van der Waals surface area contributed by atoms with E-state index in [1.165, 1.54) is 24.6 Å². The maximum Gasteiger partial charge on any atom is 0.295 e. The molecule has 0 radical (unpaired) electrons. The number of thioether (sulfide) groups is 1. The standard InChI is InChI=1S/C13H18N4OS/c14-10-1-2-12-11(9-10)16-13(18-12)15-3-4-17-5-7-19-8-6-17/h1-2,9H,3-8,14H2,(H,15,16). The average molecular weight is 278 g/mol. The zero-order chi connectivity index (χ0) is 13.1. The molecule has 5 nitrogen and oxygen atoms in total. The van der Waals surface area contributed by atoms with Gasteiger partial charge < -0.3 is 15.5 Å². The second kappa shape index (κ2) is 5.71. The highest BCUT2D eigenvalue weighted by atomic mass is 32.2. The van der Waals surface area contributed by atoms with Gasteiger partial charge in [0.1, 0.15) is 5.52 Å². The van der Waals surface area contributed by atoms with Crippen LogP contribution in [0.2, 0.25) is 0 Å². The van der Waals surface area contributed by atoms with Crippen LogP contribution in [0.4, 0.5) is 11.7 Å². The fraction of sp³-hybridized carbons (Fsp3) is 0.462. The summed E-state index contributed by atoms with van der Waals surface area (Å²) in [5.41, 5.74) is 8.00. The van der Waals surface area contributed by atoms with Gasteiger partial charge >= 0.3 is 0 Å². The van der Waals surface area contributed by atoms with Gasteiger partial charge in [0.2, 0.25) is 0 Å². The summed E-state index contributed by atoms with van der Waals surface area (Å²) >= 11 is 2.03. The molecule has 0 unspecified atom stereocenters. The van der Waals surface area contributed by atoms with E-state index in [1.807, 2.05) is 30.0 Å². The van der Waals surface area contributed by atoms with Crippen molar-refractivity contribution in [3.63, 3.8) is 0 Å². The van der Waals surface area contributed by atoms with Crippen LogP contribution in [0, 0.1) is 0 Å². The largest absolute Gasteiger partial charge is 0.424 e. The van der Waals surface area contributed by atoms with E-state index < -0.39 is 0 Å². The molecule has 1 aromatic carbocycles. The third kappa shape index (κ3) is 3.13. The minimum atomic E-state index is 0.576. The van der Waals surface area contributed by atoms with Gasteiger partial charge in [0, 0.05) is 43.4 Å². The predicted molar refractivity (Wildman–Crippen MR) is 80.7 cm³/mol. The van der Waals surface area contributed by atoms with Crippen LogP contribution < -0.4 is 11.1 Å². The molecule has 2 aromatic rings. The number of nitrogens with two attached hydrogens (primary N) is 1. The number of aromatic nitrogens is 1. The van der Waals surface area contributed by atoms with Crippen molar-refractivity contribution in [3.8, 4) is 0 Å². The number of fused-ring (bicyclic) bond motifs is 1. The first-order valence-electron chi connectivity index (χ1n) is 6.51. The Bertz CT molecular complexity index is 551. The molecular formula is C13H18N4OS. The SMILES string of the molecule is Nc1ccc2oc(NCCN3CCSCC3)nc2c1. The van der Waals surface area contributed by atoms with Crippen LogP contribution in [0.3, 0.4) is 0 Å². The Kier molecular flexibility index (Phi) is 3.79. The Balaban J connectivity index is 1.56. The van der Waals surface area contributed by atoms with Crippen molar-refractivity contribution in [2.45, 2.75) is 0 Å². The number of anilines is 2. The smallest absolute Gasteiger partial charge is 0.295 e. The highest BCUT2D eigenvalue weighted by Crippen LogP contribution is 2.20. The highest BCUT2D eigenvalue weighted by Gasteiger charge is 2.10. The Morgan fingerprint density at radius 2 is 2.21 bits per heavy atom. The van der Waals surface area contributed by atoms with E-state index >= 15 is 0 Å². The molecule has 0 spiro atoms. The van der Waals surface area contributed by atoms with Crippen molar-refractivity contribution in [2.24, 2.45) is 0 Å². The second-order valence-corrected chi connectivity index (χ2v) is 5.85. The summed E-state index contributed by atoms with van der Waals surface area (Å²) in [6.45, 7) is 4.24. The molecule has 102 valence electrons. The summed E-state index contributed by atoms with van der Waals surface area (Å²) < 4.78 is 5.61. The molecule has 3 rings (SSSR count). The van der Waals surface area contributed by atoms with Gasteiger partial charge in [-0.2, -0.15) is 16.7 Å². The molecule has 19 heavy (non-hydrogen) atoms. The van der Waals surface area contributed by atoms with Gasteiger partial charge in [-0.25, -0.2) is 0 Å². The first kappa shape index (κ1) is 12.6. The van der Waals surface area contributed by atoms with Gasteiger partial charge in [0.25, 0.3) is 6.01 Å². The van der Waals surface area contributed by atoms with Crippen LogP contribution in [0.25, 0.3) is 11.1 Å². The monoisotopic (exact) mass is 278 g/mol. The molecule has 1 aliphatic heterocycles. The van der Waals surface area contributed by atoms with Crippen LogP contribution in [0.1, 0.15) is 0 Å². The number of nitrogen functional groups attached to an aromatic ring is 1. The van der Waals surface area contributed by atoms with E-state index in [9.17, 15) is 0 Å². The van der Waals surface area contributed by atoms with Crippen molar-refractivity contribution >= 4 is 34.6 Å². The summed E-state index contributed by atoms with van der Waals surface area (Å²) in [4.78, 5) is 6.84. The lowest BCUT2D eigenvalue weighted by molar-refractivity contribution is 0.314. The van der Waals surface area contributed by atoms with Crippen molar-refractivity contribution in [1.29, 1.82) is 0 Å². The molecule has 1 saturated heterocycles. The zero-order valence-corrected chi connectivity index (χ0v) is 11.6. The molecule has 1 fully saturated rings. The van der Waals surface area contributed by atoms with Crippen molar-refractivity contribution in [2.75, 3.05) is 48.7 Å². The molecule has 6 heteroatoms. The number of nitrogens with one attached hydrogen (secondary N) is 1. The van der Waals surface area contributed by atoms with Crippen LogP contribution in [-0.4, -0.2) is 47.6 Å². The molecular weight excluding hydrogens is 260 g/mol. The second-order valence-electron chi connectivity index (χ2n) is 4.63. The molecule has 0 saturated carbocycles. The molecule has 0 atom stereocenters. The highest BCUT2D eigenvalue weighted by molar-refractivity contribution is 7.99. The Morgan fingerprint density at radius 3 is 3.05 bits per heavy atom. The third-order valence-electron chi connectivity index (χ3n) is 3.22. The Labute approximate surface area is 116 Å². The van der Waals surface area contributed by atoms with Crippen LogP contribution >= 0.6 is 11.8 Å². The van der Waals surface area contributed by atoms with Gasteiger partial charge in [-0.1, -0.05) is 0 Å². The lowest BCUT2D eigenvalue weighted by atomic mass is 10.3. The fourth-order valence-electron chi connectivity index (χ4n) is 2.17. The average Bonchev–Trinajstić information content (AvgIpc) is 2.82. The van der Waals surface area contributed by atoms with Crippen LogP contribution in [-0.2, 0) is 0 Å². The summed E-state index contributed by atoms with van der Waals surface area (Å²) in [5.74, 6) is 2.48. The van der Waals surface area contributed by atoms with Crippen molar-refractivity contribution in [1.82, 2.24) is 9.88 Å². The summed E-state index contributed by atoms with van der Waals surface area (Å²) in [6, 6.07) is 6.08. The number of benzene rings is 1. The molecule has 1 aromatic heterocycles. The molecule has 1 aliphatic rings. The lowest BCUT2D eigenvalue weighted by Crippen LogP contribution is -2.36. The van der Waals surface area contributed by atoms with Gasteiger partial charge in [-0.3, -0.25) is 4.90 Å². The van der Waals surface area contributed by atoms with Crippen molar-refractivity contribution in [3.05, 3.63) is 18.2 Å². The number of hydrogen-bond donors (Lipinski definition) is 2. The number of hydrogen-bond acceptors (Lipinski definition) is 6. The summed E-state index contributed by atoms with van der Waals surface area (Å²) in [6.07, 6.45) is 0. The van der Waals surface area contributed by atoms with Gasteiger partial charge in [-0.15, -0.1) is 0 Å². The normalized spacial score (nSPS) is 16.8. The molecule has 0 aliphatic carbocycles.